The first-order valence-electron chi connectivity index (χ1n) is 6.02. The van der Waals surface area contributed by atoms with Crippen LogP contribution in [-0.4, -0.2) is 18.0 Å². The van der Waals surface area contributed by atoms with Crippen LogP contribution in [0, 0.1) is 0 Å². The SMILES string of the molecule is CC1CCC(C(=O)c2csc3c(Br)cccc23)O1. The Morgan fingerprint density at radius 1 is 1.44 bits per heavy atom. The quantitative estimate of drug-likeness (QED) is 0.764. The van der Waals surface area contributed by atoms with Crippen LogP contribution in [0.15, 0.2) is 28.1 Å². The number of rotatable bonds is 2. The average molecular weight is 325 g/mol. The van der Waals surface area contributed by atoms with Crippen molar-refractivity contribution in [3.63, 3.8) is 0 Å². The van der Waals surface area contributed by atoms with E-state index >= 15 is 0 Å². The van der Waals surface area contributed by atoms with Gasteiger partial charge in [-0.25, -0.2) is 0 Å². The van der Waals surface area contributed by atoms with E-state index in [0.29, 0.717) is 0 Å². The van der Waals surface area contributed by atoms with Crippen LogP contribution in [0.4, 0.5) is 0 Å². The predicted molar refractivity (Wildman–Crippen MR) is 77.4 cm³/mol. The van der Waals surface area contributed by atoms with Gasteiger partial charge in [-0.1, -0.05) is 12.1 Å². The molecule has 2 aromatic rings. The molecule has 0 N–H and O–H groups in total. The number of thiophene rings is 1. The molecule has 1 fully saturated rings. The minimum absolute atomic E-state index is 0.128. The molecule has 0 bridgehead atoms. The third kappa shape index (κ3) is 2.02. The van der Waals surface area contributed by atoms with E-state index in [-0.39, 0.29) is 18.0 Å². The van der Waals surface area contributed by atoms with E-state index < -0.39 is 0 Å². The van der Waals surface area contributed by atoms with Crippen molar-refractivity contribution in [3.8, 4) is 0 Å². The summed E-state index contributed by atoms with van der Waals surface area (Å²) in [4.78, 5) is 12.4. The van der Waals surface area contributed by atoms with Crippen molar-refractivity contribution in [1.29, 1.82) is 0 Å². The zero-order valence-corrected chi connectivity index (χ0v) is 12.4. The third-order valence-corrected chi connectivity index (χ3v) is 5.29. The van der Waals surface area contributed by atoms with E-state index in [2.05, 4.69) is 15.9 Å². The molecule has 1 saturated heterocycles. The first-order valence-corrected chi connectivity index (χ1v) is 7.69. The number of carbonyl (C=O) groups is 1. The molecule has 0 spiro atoms. The van der Waals surface area contributed by atoms with Crippen LogP contribution < -0.4 is 0 Å². The molecular weight excluding hydrogens is 312 g/mol. The lowest BCUT2D eigenvalue weighted by Gasteiger charge is -2.09. The fourth-order valence-electron chi connectivity index (χ4n) is 2.38. The van der Waals surface area contributed by atoms with Crippen LogP contribution in [-0.2, 0) is 4.74 Å². The number of ether oxygens (including phenoxy) is 1. The van der Waals surface area contributed by atoms with E-state index in [1.54, 1.807) is 11.3 Å². The number of Topliss-reactive ketones (excluding diaryl/α,β-unsaturated/α-hetero) is 1. The Balaban J connectivity index is 1.99. The van der Waals surface area contributed by atoms with Gasteiger partial charge >= 0.3 is 0 Å². The van der Waals surface area contributed by atoms with E-state index in [0.717, 1.165) is 33.0 Å². The molecule has 4 heteroatoms. The Morgan fingerprint density at radius 2 is 2.28 bits per heavy atom. The van der Waals surface area contributed by atoms with Crippen molar-refractivity contribution >= 4 is 43.1 Å². The van der Waals surface area contributed by atoms with Gasteiger partial charge in [0.2, 0.25) is 0 Å². The Kier molecular flexibility index (Phi) is 3.26. The number of benzene rings is 1. The monoisotopic (exact) mass is 324 g/mol. The highest BCUT2D eigenvalue weighted by Crippen LogP contribution is 2.34. The summed E-state index contributed by atoms with van der Waals surface area (Å²) in [5.74, 6) is 0.128. The molecule has 3 rings (SSSR count). The van der Waals surface area contributed by atoms with Gasteiger partial charge in [0.15, 0.2) is 5.78 Å². The Morgan fingerprint density at radius 3 is 3.00 bits per heavy atom. The normalized spacial score (nSPS) is 23.7. The molecule has 94 valence electrons. The standard InChI is InChI=1S/C14H13BrO2S/c1-8-5-6-12(17-8)13(16)10-7-18-14-9(10)3-2-4-11(14)15/h2-4,7-8,12H,5-6H2,1H3. The average Bonchev–Trinajstić information content (AvgIpc) is 2.95. The van der Waals surface area contributed by atoms with Crippen molar-refractivity contribution < 1.29 is 9.53 Å². The zero-order valence-electron chi connectivity index (χ0n) is 9.98. The van der Waals surface area contributed by atoms with Crippen LogP contribution in [0.2, 0.25) is 0 Å². The summed E-state index contributed by atoms with van der Waals surface area (Å²) < 4.78 is 7.85. The van der Waals surface area contributed by atoms with E-state index in [1.165, 1.54) is 0 Å². The highest BCUT2D eigenvalue weighted by Gasteiger charge is 2.30. The number of hydrogen-bond donors (Lipinski definition) is 0. The predicted octanol–water partition coefficient (Wildman–Crippen LogP) is 4.41. The van der Waals surface area contributed by atoms with Crippen LogP contribution in [0.1, 0.15) is 30.1 Å². The number of ketones is 1. The van der Waals surface area contributed by atoms with Gasteiger partial charge in [0.05, 0.1) is 6.10 Å². The highest BCUT2D eigenvalue weighted by molar-refractivity contribution is 9.10. The molecule has 18 heavy (non-hydrogen) atoms. The maximum atomic E-state index is 12.4. The fraction of sp³-hybridized carbons (Fsp3) is 0.357. The lowest BCUT2D eigenvalue weighted by atomic mass is 10.0. The maximum Gasteiger partial charge on any atom is 0.193 e. The van der Waals surface area contributed by atoms with E-state index in [4.69, 9.17) is 4.74 Å². The second-order valence-electron chi connectivity index (χ2n) is 4.64. The molecule has 2 atom stereocenters. The molecule has 1 aromatic carbocycles. The second kappa shape index (κ2) is 4.76. The molecule has 2 unspecified atom stereocenters. The largest absolute Gasteiger partial charge is 0.367 e. The molecule has 1 aliphatic heterocycles. The molecule has 0 radical (unpaired) electrons. The van der Waals surface area contributed by atoms with Crippen molar-refractivity contribution in [2.75, 3.05) is 0 Å². The minimum atomic E-state index is -0.253. The third-order valence-electron chi connectivity index (χ3n) is 3.34. The molecule has 1 aromatic heterocycles. The number of hydrogen-bond acceptors (Lipinski definition) is 3. The van der Waals surface area contributed by atoms with Gasteiger partial charge in [-0.3, -0.25) is 4.79 Å². The topological polar surface area (TPSA) is 26.3 Å². The highest BCUT2D eigenvalue weighted by atomic mass is 79.9. The Bertz CT molecular complexity index is 605. The van der Waals surface area contributed by atoms with Gasteiger partial charge in [-0.15, -0.1) is 11.3 Å². The summed E-state index contributed by atoms with van der Waals surface area (Å²) >= 11 is 5.13. The first-order chi connectivity index (χ1) is 8.66. The molecule has 2 nitrogen and oxygen atoms in total. The summed E-state index contributed by atoms with van der Waals surface area (Å²) in [5.41, 5.74) is 0.801. The summed E-state index contributed by atoms with van der Waals surface area (Å²) in [6, 6.07) is 5.97. The lowest BCUT2D eigenvalue weighted by molar-refractivity contribution is 0.0435. The number of carbonyl (C=O) groups excluding carboxylic acids is 1. The summed E-state index contributed by atoms with van der Waals surface area (Å²) in [6.07, 6.45) is 1.76. The van der Waals surface area contributed by atoms with Crippen molar-refractivity contribution in [2.45, 2.75) is 32.0 Å². The molecule has 0 amide bonds. The first kappa shape index (κ1) is 12.3. The summed E-state index contributed by atoms with van der Waals surface area (Å²) in [5, 5.41) is 2.98. The van der Waals surface area contributed by atoms with E-state index in [9.17, 15) is 4.79 Å². The second-order valence-corrected chi connectivity index (χ2v) is 6.38. The van der Waals surface area contributed by atoms with Crippen LogP contribution in [0.25, 0.3) is 10.1 Å². The molecular formula is C14H13BrO2S. The van der Waals surface area contributed by atoms with Gasteiger partial charge in [0, 0.05) is 25.5 Å². The van der Waals surface area contributed by atoms with Gasteiger partial charge in [0.1, 0.15) is 6.10 Å². The van der Waals surface area contributed by atoms with Gasteiger partial charge in [-0.05, 0) is 41.8 Å². The molecule has 0 saturated carbocycles. The summed E-state index contributed by atoms with van der Waals surface area (Å²) in [6.45, 7) is 2.02. The molecule has 2 heterocycles. The van der Waals surface area contributed by atoms with Gasteiger partial charge in [0.25, 0.3) is 0 Å². The van der Waals surface area contributed by atoms with Crippen LogP contribution >= 0.6 is 27.3 Å². The van der Waals surface area contributed by atoms with E-state index in [1.807, 2.05) is 30.5 Å². The minimum Gasteiger partial charge on any atom is -0.367 e. The fourth-order valence-corrected chi connectivity index (χ4v) is 3.99. The summed E-state index contributed by atoms with van der Waals surface area (Å²) in [7, 11) is 0. The molecule has 1 aliphatic rings. The lowest BCUT2D eigenvalue weighted by Crippen LogP contribution is -2.20. The Hall–Kier alpha value is -0.710. The Labute approximate surface area is 118 Å². The maximum absolute atomic E-state index is 12.4. The zero-order chi connectivity index (χ0) is 12.7. The van der Waals surface area contributed by atoms with Crippen molar-refractivity contribution in [2.24, 2.45) is 0 Å². The van der Waals surface area contributed by atoms with Crippen LogP contribution in [0.3, 0.4) is 0 Å². The number of halogens is 1. The van der Waals surface area contributed by atoms with Gasteiger partial charge in [-0.2, -0.15) is 0 Å². The van der Waals surface area contributed by atoms with Crippen molar-refractivity contribution in [1.82, 2.24) is 0 Å². The molecule has 0 aliphatic carbocycles. The number of fused-ring (bicyclic) bond motifs is 1. The van der Waals surface area contributed by atoms with Gasteiger partial charge < -0.3 is 4.74 Å². The van der Waals surface area contributed by atoms with Crippen molar-refractivity contribution in [3.05, 3.63) is 33.6 Å². The smallest absolute Gasteiger partial charge is 0.193 e. The van der Waals surface area contributed by atoms with Crippen LogP contribution in [0.5, 0.6) is 0 Å².